The van der Waals surface area contributed by atoms with Gasteiger partial charge in [-0.05, 0) is 60.4 Å². The van der Waals surface area contributed by atoms with E-state index in [1.165, 1.54) is 86.9 Å². The van der Waals surface area contributed by atoms with E-state index in [0.29, 0.717) is 45.0 Å². The molecule has 0 aliphatic rings. The SMILES string of the molecule is CC(C)c1nc(N(C)S(C)(=O)=O)nc(-c2ccc(F)cc2)c1/C=C/[C@H](O)C[C@H](O)CC(=O)[O-].CC(C)c1nc(N(C)S(C)(=O)=O)nc(-c2ccc(F)cc2)c1/C=C\[C@@H](O)C[C@H](O)CC(=O)[O-].[Ca+2]. The number of carbonyl (C=O) groups is 2. The van der Waals surface area contributed by atoms with Gasteiger partial charge in [0.25, 0.3) is 0 Å². The second kappa shape index (κ2) is 25.7. The molecule has 0 radical (unpaired) electrons. The number of anilines is 2. The van der Waals surface area contributed by atoms with E-state index in [1.54, 1.807) is 0 Å². The van der Waals surface area contributed by atoms with Gasteiger partial charge in [0.1, 0.15) is 11.6 Å². The fourth-order valence-electron chi connectivity index (χ4n) is 6.07. The summed E-state index contributed by atoms with van der Waals surface area (Å²) in [6, 6.07) is 10.9. The van der Waals surface area contributed by atoms with Crippen LogP contribution >= 0.6 is 0 Å². The Hall–Kier alpha value is -4.52. The van der Waals surface area contributed by atoms with Crippen LogP contribution in [0, 0.1) is 11.6 Å². The first kappa shape index (κ1) is 58.6. The van der Waals surface area contributed by atoms with Crippen molar-refractivity contribution in [3.05, 3.63) is 94.8 Å². The first-order chi connectivity index (χ1) is 30.6. The topological polar surface area (TPSA) is 287 Å². The van der Waals surface area contributed by atoms with Crippen molar-refractivity contribution in [2.24, 2.45) is 0 Å². The minimum atomic E-state index is -3.66. The fourth-order valence-corrected chi connectivity index (χ4v) is 6.83. The third kappa shape index (κ3) is 18.1. The van der Waals surface area contributed by atoms with Crippen LogP contribution in [-0.2, 0) is 29.6 Å². The number of nitrogens with zero attached hydrogens (tertiary/aromatic N) is 6. The summed E-state index contributed by atoms with van der Waals surface area (Å²) in [7, 11) is -4.67. The molecular formula is C44H54CaF2N6O12S2. The predicted molar refractivity (Wildman–Crippen MR) is 246 cm³/mol. The van der Waals surface area contributed by atoms with Crippen LogP contribution in [0.3, 0.4) is 0 Å². The number of aliphatic carboxylic acids is 2. The number of aliphatic hydroxyl groups is 4. The fraction of sp³-hybridized carbons (Fsp3) is 0.409. The maximum Gasteiger partial charge on any atom is 2.00 e. The minimum absolute atomic E-state index is 0. The molecule has 0 unspecified atom stereocenters. The molecule has 67 heavy (non-hydrogen) atoms. The zero-order valence-corrected chi connectivity index (χ0v) is 42.1. The van der Waals surface area contributed by atoms with Crippen LogP contribution in [-0.4, -0.2) is 158 Å². The number of halogens is 2. The summed E-state index contributed by atoms with van der Waals surface area (Å²) in [5.41, 5.74) is 3.52. The third-order valence-corrected chi connectivity index (χ3v) is 11.9. The van der Waals surface area contributed by atoms with E-state index < -0.39 is 80.9 Å². The van der Waals surface area contributed by atoms with Crippen LogP contribution in [0.2, 0.25) is 0 Å². The Bertz CT molecular complexity index is 2430. The number of carboxylic acids is 2. The van der Waals surface area contributed by atoms with Crippen molar-refractivity contribution in [2.45, 2.75) is 89.6 Å². The first-order valence-electron chi connectivity index (χ1n) is 20.3. The number of carboxylic acid groups (broad SMARTS) is 2. The van der Waals surface area contributed by atoms with E-state index in [9.17, 15) is 65.8 Å². The van der Waals surface area contributed by atoms with Crippen LogP contribution in [0.5, 0.6) is 0 Å². The zero-order valence-electron chi connectivity index (χ0n) is 38.2. The number of aromatic nitrogens is 4. The van der Waals surface area contributed by atoms with Crippen LogP contribution in [0.25, 0.3) is 34.7 Å². The standard InChI is InChI=1S/2C22H28FN3O6S.Ca/c2*1-13(2)20-18(10-9-16(27)11-17(28)12-19(29)30)21(14-5-7-15(23)8-6-14)25-22(24-20)26(3)33(4,31)32;/h2*5-10,13,16-17,27-28H,11-12H2,1-4H3,(H,29,30);/q;;+2/p-2/b10-9+;10-9-;/t16-,17-;16-,17+;/m01./s1. The quantitative estimate of drug-likeness (QED) is 0.0918. The molecule has 0 aliphatic heterocycles. The molecule has 0 saturated carbocycles. The average Bonchev–Trinajstić information content (AvgIpc) is 3.20. The number of rotatable bonds is 20. The van der Waals surface area contributed by atoms with Crippen molar-refractivity contribution in [3.8, 4) is 22.5 Å². The van der Waals surface area contributed by atoms with Crippen LogP contribution in [0.1, 0.15) is 87.7 Å². The van der Waals surface area contributed by atoms with E-state index in [-0.39, 0.29) is 74.3 Å². The van der Waals surface area contributed by atoms with Gasteiger partial charge in [-0.3, -0.25) is 0 Å². The molecule has 0 bridgehead atoms. The second-order valence-electron chi connectivity index (χ2n) is 15.9. The molecule has 2 aromatic carbocycles. The van der Waals surface area contributed by atoms with Gasteiger partial charge in [0.05, 0.1) is 59.7 Å². The molecule has 360 valence electrons. The van der Waals surface area contributed by atoms with Gasteiger partial charge in [-0.25, -0.2) is 54.2 Å². The van der Waals surface area contributed by atoms with Gasteiger partial charge in [-0.1, -0.05) is 52.0 Å². The summed E-state index contributed by atoms with van der Waals surface area (Å²) in [4.78, 5) is 38.9. The van der Waals surface area contributed by atoms with E-state index in [1.807, 2.05) is 27.7 Å². The van der Waals surface area contributed by atoms with E-state index in [4.69, 9.17) is 0 Å². The normalized spacial score (nSPS) is 13.7. The molecule has 0 fully saturated rings. The van der Waals surface area contributed by atoms with Crippen molar-refractivity contribution in [3.63, 3.8) is 0 Å². The molecule has 4 rings (SSSR count). The number of carbonyl (C=O) groups excluding carboxylic acids is 2. The molecule has 0 spiro atoms. The molecular weight excluding hydrogens is 947 g/mol. The summed E-state index contributed by atoms with van der Waals surface area (Å²) in [6.45, 7) is 7.38. The summed E-state index contributed by atoms with van der Waals surface area (Å²) >= 11 is 0. The molecule has 4 aromatic rings. The smallest absolute Gasteiger partial charge is 0.550 e. The average molecular weight is 1000 g/mol. The van der Waals surface area contributed by atoms with Gasteiger partial charge in [-0.2, -0.15) is 0 Å². The van der Waals surface area contributed by atoms with Crippen molar-refractivity contribution >= 4 is 93.8 Å². The van der Waals surface area contributed by atoms with Gasteiger partial charge in [0.15, 0.2) is 0 Å². The van der Waals surface area contributed by atoms with Gasteiger partial charge in [-0.15, -0.1) is 0 Å². The monoisotopic (exact) mass is 1000 g/mol. The van der Waals surface area contributed by atoms with Crippen LogP contribution in [0.15, 0.2) is 60.7 Å². The molecule has 0 amide bonds. The summed E-state index contributed by atoms with van der Waals surface area (Å²) in [5.74, 6) is -4.28. The maximum atomic E-state index is 13.5. The van der Waals surface area contributed by atoms with Crippen molar-refractivity contribution in [1.29, 1.82) is 0 Å². The Labute approximate surface area is 418 Å². The molecule has 0 saturated heterocycles. The van der Waals surface area contributed by atoms with Gasteiger partial charge >= 0.3 is 37.7 Å². The number of aliphatic hydroxyl groups excluding tert-OH is 4. The number of sulfonamides is 2. The van der Waals surface area contributed by atoms with Gasteiger partial charge in [0, 0.05) is 74.0 Å². The Morgan fingerprint density at radius 2 is 0.910 bits per heavy atom. The van der Waals surface area contributed by atoms with Gasteiger partial charge < -0.3 is 40.2 Å². The molecule has 2 aromatic heterocycles. The molecule has 18 nitrogen and oxygen atoms in total. The largest absolute Gasteiger partial charge is 2.00 e. The number of hydrogen-bond acceptors (Lipinski definition) is 16. The summed E-state index contributed by atoms with van der Waals surface area (Å²) < 4.78 is 77.1. The van der Waals surface area contributed by atoms with Gasteiger partial charge in [0.2, 0.25) is 31.9 Å². The molecule has 4 atom stereocenters. The first-order valence-corrected chi connectivity index (χ1v) is 24.0. The van der Waals surface area contributed by atoms with Crippen molar-refractivity contribution in [2.75, 3.05) is 35.2 Å². The molecule has 2 heterocycles. The van der Waals surface area contributed by atoms with E-state index in [0.717, 1.165) is 21.1 Å². The second-order valence-corrected chi connectivity index (χ2v) is 19.9. The maximum absolute atomic E-state index is 13.5. The van der Waals surface area contributed by atoms with E-state index in [2.05, 4.69) is 19.9 Å². The Balaban J connectivity index is 0.000000453. The number of hydrogen-bond donors (Lipinski definition) is 4. The number of benzene rings is 2. The van der Waals surface area contributed by atoms with Crippen LogP contribution < -0.4 is 18.8 Å². The van der Waals surface area contributed by atoms with Crippen LogP contribution in [0.4, 0.5) is 20.7 Å². The van der Waals surface area contributed by atoms with E-state index >= 15 is 0 Å². The predicted octanol–water partition coefficient (Wildman–Crippen LogP) is 1.75. The molecule has 4 N–H and O–H groups in total. The third-order valence-electron chi connectivity index (χ3n) is 9.62. The zero-order chi connectivity index (χ0) is 49.8. The summed E-state index contributed by atoms with van der Waals surface area (Å²) in [5, 5.41) is 61.1. The molecule has 0 aliphatic carbocycles. The van der Waals surface area contributed by atoms with Crippen molar-refractivity contribution < 1.29 is 65.8 Å². The Kier molecular flexibility index (Phi) is 22.5. The minimum Gasteiger partial charge on any atom is -0.550 e. The Morgan fingerprint density at radius 3 is 1.16 bits per heavy atom. The summed E-state index contributed by atoms with van der Waals surface area (Å²) in [6.07, 6.45) is 1.16. The molecule has 23 heteroatoms. The Morgan fingerprint density at radius 1 is 0.612 bits per heavy atom. The van der Waals surface area contributed by atoms with Crippen molar-refractivity contribution in [1.82, 2.24) is 19.9 Å².